The molecule has 1 fully saturated rings. The molecule has 0 aromatic carbocycles. The van der Waals surface area contributed by atoms with Crippen LogP contribution in [0.2, 0.25) is 0 Å². The molecule has 1 aromatic heterocycles. The fourth-order valence-electron chi connectivity index (χ4n) is 2.10. The summed E-state index contributed by atoms with van der Waals surface area (Å²) in [5.41, 5.74) is 0.593. The number of hydrogen-bond acceptors (Lipinski definition) is 5. The number of ether oxygens (including phenoxy) is 1. The number of aromatic nitrogens is 1. The molecule has 0 bridgehead atoms. The summed E-state index contributed by atoms with van der Waals surface area (Å²) in [6.07, 6.45) is 1.25. The van der Waals surface area contributed by atoms with Crippen molar-refractivity contribution < 1.29 is 14.3 Å². The highest BCUT2D eigenvalue weighted by molar-refractivity contribution is 5.95. The van der Waals surface area contributed by atoms with Crippen molar-refractivity contribution >= 4 is 17.8 Å². The van der Waals surface area contributed by atoms with Gasteiger partial charge in [-0.15, -0.1) is 0 Å². The van der Waals surface area contributed by atoms with E-state index in [0.717, 1.165) is 0 Å². The van der Waals surface area contributed by atoms with E-state index in [1.165, 1.54) is 7.11 Å². The lowest BCUT2D eigenvalue weighted by atomic mass is 10.2. The first kappa shape index (κ1) is 14.1. The Hall–Kier alpha value is -2.31. The van der Waals surface area contributed by atoms with E-state index in [0.29, 0.717) is 37.6 Å². The van der Waals surface area contributed by atoms with Gasteiger partial charge in [0.2, 0.25) is 0 Å². The molecule has 2 heterocycles. The van der Waals surface area contributed by atoms with Crippen LogP contribution in [-0.4, -0.2) is 67.1 Å². The van der Waals surface area contributed by atoms with Gasteiger partial charge >= 0.3 is 6.09 Å². The molecule has 0 aliphatic carbocycles. The zero-order valence-corrected chi connectivity index (χ0v) is 11.6. The number of nitrogens with one attached hydrogen (secondary N) is 1. The minimum atomic E-state index is -0.349. The fourth-order valence-corrected chi connectivity index (χ4v) is 2.10. The molecule has 1 N–H and O–H groups in total. The van der Waals surface area contributed by atoms with Crippen LogP contribution in [0.5, 0.6) is 0 Å². The van der Waals surface area contributed by atoms with Crippen LogP contribution in [0.15, 0.2) is 18.3 Å². The van der Waals surface area contributed by atoms with Crippen molar-refractivity contribution in [2.24, 2.45) is 0 Å². The summed E-state index contributed by atoms with van der Waals surface area (Å²) in [6.45, 7) is 1.99. The monoisotopic (exact) mass is 278 g/mol. The van der Waals surface area contributed by atoms with Crippen LogP contribution in [0, 0.1) is 0 Å². The summed E-state index contributed by atoms with van der Waals surface area (Å²) in [4.78, 5) is 31.1. The number of methoxy groups -OCH3 is 1. The number of carbonyl (C=O) groups excluding carboxylic acids is 2. The topological polar surface area (TPSA) is 74.8 Å². The van der Waals surface area contributed by atoms with Gasteiger partial charge in [0, 0.05) is 45.0 Å². The molecule has 1 aromatic rings. The molecule has 0 atom stereocenters. The van der Waals surface area contributed by atoms with Gasteiger partial charge in [-0.1, -0.05) is 0 Å². The van der Waals surface area contributed by atoms with Crippen molar-refractivity contribution in [1.82, 2.24) is 14.8 Å². The highest BCUT2D eigenvalue weighted by atomic mass is 16.5. The molecule has 2 amide bonds. The third-order valence-corrected chi connectivity index (χ3v) is 3.26. The molecule has 108 valence electrons. The van der Waals surface area contributed by atoms with Crippen LogP contribution >= 0.6 is 0 Å². The van der Waals surface area contributed by atoms with Crippen LogP contribution in [0.25, 0.3) is 0 Å². The molecule has 20 heavy (non-hydrogen) atoms. The number of amides is 2. The van der Waals surface area contributed by atoms with E-state index in [-0.39, 0.29) is 12.0 Å². The second-order valence-corrected chi connectivity index (χ2v) is 4.43. The highest BCUT2D eigenvalue weighted by Gasteiger charge is 2.25. The lowest BCUT2D eigenvalue weighted by molar-refractivity contribution is 0.0599. The average Bonchev–Trinajstić information content (AvgIpc) is 2.53. The Morgan fingerprint density at radius 2 is 1.90 bits per heavy atom. The summed E-state index contributed by atoms with van der Waals surface area (Å²) < 4.78 is 4.67. The molecule has 0 radical (unpaired) electrons. The number of rotatable bonds is 2. The first-order valence-corrected chi connectivity index (χ1v) is 6.41. The summed E-state index contributed by atoms with van der Waals surface area (Å²) in [5, 5.41) is 2.90. The standard InChI is InChI=1S/C13H18N4O3/c1-14-11-9-10(3-4-15-11)12(18)16-5-7-17(8-6-16)13(19)20-2/h3-4,9H,5-8H2,1-2H3,(H,14,15). The average molecular weight is 278 g/mol. The zero-order valence-electron chi connectivity index (χ0n) is 11.6. The van der Waals surface area contributed by atoms with Gasteiger partial charge in [-0.25, -0.2) is 9.78 Å². The summed E-state index contributed by atoms with van der Waals surface area (Å²) >= 11 is 0. The predicted molar refractivity (Wildman–Crippen MR) is 73.7 cm³/mol. The second kappa shape index (κ2) is 6.23. The van der Waals surface area contributed by atoms with Gasteiger partial charge in [-0.05, 0) is 12.1 Å². The number of piperazine rings is 1. The third-order valence-electron chi connectivity index (χ3n) is 3.26. The number of carbonyl (C=O) groups is 2. The number of anilines is 1. The minimum Gasteiger partial charge on any atom is -0.453 e. The maximum atomic E-state index is 12.3. The molecule has 1 aliphatic rings. The Bertz CT molecular complexity index is 498. The van der Waals surface area contributed by atoms with Gasteiger partial charge in [0.05, 0.1) is 7.11 Å². The maximum Gasteiger partial charge on any atom is 0.409 e. The van der Waals surface area contributed by atoms with Crippen LogP contribution in [-0.2, 0) is 4.74 Å². The molecule has 7 nitrogen and oxygen atoms in total. The van der Waals surface area contributed by atoms with Gasteiger partial charge in [-0.2, -0.15) is 0 Å². The van der Waals surface area contributed by atoms with Crippen molar-refractivity contribution in [3.8, 4) is 0 Å². The Morgan fingerprint density at radius 3 is 2.50 bits per heavy atom. The second-order valence-electron chi connectivity index (χ2n) is 4.43. The van der Waals surface area contributed by atoms with E-state index >= 15 is 0 Å². The van der Waals surface area contributed by atoms with E-state index in [1.807, 2.05) is 0 Å². The first-order chi connectivity index (χ1) is 9.65. The largest absolute Gasteiger partial charge is 0.453 e. The lowest BCUT2D eigenvalue weighted by Gasteiger charge is -2.33. The molecule has 7 heteroatoms. The Morgan fingerprint density at radius 1 is 1.25 bits per heavy atom. The van der Waals surface area contributed by atoms with Gasteiger partial charge in [-0.3, -0.25) is 4.79 Å². The van der Waals surface area contributed by atoms with Crippen LogP contribution in [0.1, 0.15) is 10.4 Å². The molecule has 0 unspecified atom stereocenters. The summed E-state index contributed by atoms with van der Waals surface area (Å²) in [6, 6.07) is 3.41. The van der Waals surface area contributed by atoms with E-state index in [9.17, 15) is 9.59 Å². The smallest absolute Gasteiger partial charge is 0.409 e. The number of nitrogens with zero attached hydrogens (tertiary/aromatic N) is 3. The molecule has 0 saturated carbocycles. The van der Waals surface area contributed by atoms with E-state index in [2.05, 4.69) is 15.0 Å². The lowest BCUT2D eigenvalue weighted by Crippen LogP contribution is -2.50. The van der Waals surface area contributed by atoms with Crippen molar-refractivity contribution in [2.75, 3.05) is 45.7 Å². The van der Waals surface area contributed by atoms with Gasteiger partial charge in [0.1, 0.15) is 5.82 Å². The third kappa shape index (κ3) is 2.98. The highest BCUT2D eigenvalue weighted by Crippen LogP contribution is 2.12. The van der Waals surface area contributed by atoms with Crippen LogP contribution in [0.4, 0.5) is 10.6 Å². The van der Waals surface area contributed by atoms with E-state index < -0.39 is 0 Å². The predicted octanol–water partition coefficient (Wildman–Crippen LogP) is 0.647. The van der Waals surface area contributed by atoms with Crippen LogP contribution in [0.3, 0.4) is 0 Å². The molecule has 2 rings (SSSR count). The van der Waals surface area contributed by atoms with Crippen molar-refractivity contribution in [3.63, 3.8) is 0 Å². The molecular formula is C13H18N4O3. The first-order valence-electron chi connectivity index (χ1n) is 6.41. The normalized spacial score (nSPS) is 14.9. The molecule has 1 aliphatic heterocycles. The Kier molecular flexibility index (Phi) is 4.39. The molecule has 0 spiro atoms. The number of pyridine rings is 1. The van der Waals surface area contributed by atoms with Gasteiger partial charge in [0.25, 0.3) is 5.91 Å². The van der Waals surface area contributed by atoms with Gasteiger partial charge in [0.15, 0.2) is 0 Å². The fraction of sp³-hybridized carbons (Fsp3) is 0.462. The Balaban J connectivity index is 1.99. The van der Waals surface area contributed by atoms with Crippen LogP contribution < -0.4 is 5.32 Å². The van der Waals surface area contributed by atoms with Crippen molar-refractivity contribution in [1.29, 1.82) is 0 Å². The Labute approximate surface area is 117 Å². The molecule has 1 saturated heterocycles. The van der Waals surface area contributed by atoms with E-state index in [4.69, 9.17) is 0 Å². The van der Waals surface area contributed by atoms with Crippen molar-refractivity contribution in [2.45, 2.75) is 0 Å². The molecular weight excluding hydrogens is 260 g/mol. The SMILES string of the molecule is CNc1cc(C(=O)N2CCN(C(=O)OC)CC2)ccn1. The quantitative estimate of drug-likeness (QED) is 0.859. The van der Waals surface area contributed by atoms with Crippen molar-refractivity contribution in [3.05, 3.63) is 23.9 Å². The number of hydrogen-bond donors (Lipinski definition) is 1. The summed E-state index contributed by atoms with van der Waals surface area (Å²) in [7, 11) is 3.11. The van der Waals surface area contributed by atoms with E-state index in [1.54, 1.807) is 35.2 Å². The summed E-state index contributed by atoms with van der Waals surface area (Å²) in [5.74, 6) is 0.609. The zero-order chi connectivity index (χ0) is 14.5. The van der Waals surface area contributed by atoms with Gasteiger partial charge < -0.3 is 19.9 Å². The maximum absolute atomic E-state index is 12.3. The minimum absolute atomic E-state index is 0.0478.